The van der Waals surface area contributed by atoms with Crippen LogP contribution in [0.2, 0.25) is 0 Å². The van der Waals surface area contributed by atoms with Gasteiger partial charge in [-0.1, -0.05) is 17.7 Å². The Hall–Kier alpha value is -3.55. The van der Waals surface area contributed by atoms with Gasteiger partial charge in [0.15, 0.2) is 18.1 Å². The average molecular weight is 413 g/mol. The van der Waals surface area contributed by atoms with Gasteiger partial charge in [0, 0.05) is 5.69 Å². The minimum Gasteiger partial charge on any atom is -0.493 e. The topological polar surface area (TPSA) is 98.3 Å². The Kier molecular flexibility index (Phi) is 8.22. The minimum absolute atomic E-state index is 0.166. The molecule has 0 atom stereocenters. The van der Waals surface area contributed by atoms with Gasteiger partial charge in [-0.2, -0.15) is 5.10 Å². The van der Waals surface area contributed by atoms with E-state index in [9.17, 15) is 9.59 Å². The van der Waals surface area contributed by atoms with Crippen LogP contribution in [-0.2, 0) is 9.53 Å². The van der Waals surface area contributed by atoms with E-state index in [0.29, 0.717) is 17.1 Å². The highest BCUT2D eigenvalue weighted by Crippen LogP contribution is 2.28. The summed E-state index contributed by atoms with van der Waals surface area (Å²) in [5.41, 5.74) is 6.85. The quantitative estimate of drug-likeness (QED) is 0.508. The number of methoxy groups -OCH3 is 1. The van der Waals surface area contributed by atoms with E-state index in [1.165, 1.54) is 13.3 Å². The van der Waals surface area contributed by atoms with Crippen LogP contribution in [0.15, 0.2) is 35.4 Å². The zero-order valence-electron chi connectivity index (χ0n) is 17.9. The molecule has 2 aromatic rings. The fourth-order valence-electron chi connectivity index (χ4n) is 2.90. The molecule has 8 nitrogen and oxygen atoms in total. The van der Waals surface area contributed by atoms with Crippen LogP contribution in [0.25, 0.3) is 0 Å². The monoisotopic (exact) mass is 413 g/mol. The molecule has 0 saturated carbocycles. The van der Waals surface area contributed by atoms with Crippen molar-refractivity contribution in [3.63, 3.8) is 0 Å². The maximum Gasteiger partial charge on any atom is 0.427 e. The molecule has 0 radical (unpaired) electrons. The Morgan fingerprint density at radius 3 is 2.40 bits per heavy atom. The van der Waals surface area contributed by atoms with Crippen molar-refractivity contribution in [2.24, 2.45) is 5.10 Å². The van der Waals surface area contributed by atoms with Gasteiger partial charge in [0.2, 0.25) is 0 Å². The van der Waals surface area contributed by atoms with Crippen molar-refractivity contribution in [1.29, 1.82) is 0 Å². The number of rotatable bonds is 8. The number of nitrogens with zero attached hydrogens (tertiary/aromatic N) is 1. The highest BCUT2D eigenvalue weighted by Gasteiger charge is 2.11. The van der Waals surface area contributed by atoms with E-state index < -0.39 is 6.09 Å². The third-order valence-corrected chi connectivity index (χ3v) is 4.13. The Morgan fingerprint density at radius 2 is 1.77 bits per heavy atom. The number of carbonyl (C=O) groups excluding carboxylic acids is 2. The fourth-order valence-corrected chi connectivity index (χ4v) is 2.90. The van der Waals surface area contributed by atoms with Crippen LogP contribution in [-0.4, -0.2) is 38.5 Å². The van der Waals surface area contributed by atoms with Crippen LogP contribution >= 0.6 is 0 Å². The highest BCUT2D eigenvalue weighted by molar-refractivity contribution is 5.93. The first-order valence-electron chi connectivity index (χ1n) is 9.48. The number of hydrogen-bond donors (Lipinski definition) is 2. The average Bonchev–Trinajstić information content (AvgIpc) is 2.69. The summed E-state index contributed by atoms with van der Waals surface area (Å²) in [7, 11) is 1.50. The summed E-state index contributed by atoms with van der Waals surface area (Å²) in [6, 6.07) is 9.10. The zero-order valence-corrected chi connectivity index (χ0v) is 17.9. The molecule has 30 heavy (non-hydrogen) atoms. The summed E-state index contributed by atoms with van der Waals surface area (Å²) in [4.78, 5) is 23.6. The lowest BCUT2D eigenvalue weighted by molar-refractivity contribution is -0.118. The molecular formula is C22H27N3O5. The maximum absolute atomic E-state index is 12.4. The predicted molar refractivity (Wildman–Crippen MR) is 116 cm³/mol. The summed E-state index contributed by atoms with van der Waals surface area (Å²) in [5, 5.41) is 6.69. The predicted octanol–water partition coefficient (Wildman–Crippen LogP) is 3.72. The molecule has 2 N–H and O–H groups in total. The molecule has 0 aliphatic heterocycles. The van der Waals surface area contributed by atoms with Gasteiger partial charge >= 0.3 is 6.09 Å². The maximum atomic E-state index is 12.4. The van der Waals surface area contributed by atoms with Gasteiger partial charge in [-0.05, 0) is 62.6 Å². The molecule has 0 unspecified atom stereocenters. The van der Waals surface area contributed by atoms with Crippen molar-refractivity contribution < 1.29 is 23.8 Å². The summed E-state index contributed by atoms with van der Waals surface area (Å²) in [6.07, 6.45) is 0.810. The number of ether oxygens (including phenoxy) is 3. The third-order valence-electron chi connectivity index (χ3n) is 4.13. The molecule has 0 aliphatic carbocycles. The van der Waals surface area contributed by atoms with Crippen molar-refractivity contribution in [2.75, 3.05) is 25.6 Å². The van der Waals surface area contributed by atoms with Crippen molar-refractivity contribution in [2.45, 2.75) is 27.7 Å². The molecule has 0 aliphatic rings. The third kappa shape index (κ3) is 6.51. The number of hydrogen-bond acceptors (Lipinski definition) is 6. The standard InChI is InChI=1S/C22H27N3O5/c1-6-29-22(27)25-23-12-17-7-8-18(19(11-17)28-5)30-13-20(26)24-21-15(3)9-14(2)10-16(21)4/h7-12H,6,13H2,1-5H3,(H,24,26)(H,25,27)/b23-12+. The van der Waals surface area contributed by atoms with E-state index in [1.807, 2.05) is 32.9 Å². The fraction of sp³-hybridized carbons (Fsp3) is 0.318. The van der Waals surface area contributed by atoms with Crippen LogP contribution in [0.1, 0.15) is 29.2 Å². The molecule has 0 saturated heterocycles. The Balaban J connectivity index is 1.99. The van der Waals surface area contributed by atoms with Crippen molar-refractivity contribution in [3.8, 4) is 11.5 Å². The number of aryl methyl sites for hydroxylation is 3. The first-order valence-corrected chi connectivity index (χ1v) is 9.48. The van der Waals surface area contributed by atoms with E-state index >= 15 is 0 Å². The van der Waals surface area contributed by atoms with E-state index in [2.05, 4.69) is 15.8 Å². The van der Waals surface area contributed by atoms with Crippen molar-refractivity contribution in [3.05, 3.63) is 52.6 Å². The molecule has 0 fully saturated rings. The summed E-state index contributed by atoms with van der Waals surface area (Å²) in [5.74, 6) is 0.586. The molecule has 2 amide bonds. The number of amides is 2. The van der Waals surface area contributed by atoms with Gasteiger partial charge in [0.1, 0.15) is 0 Å². The first-order chi connectivity index (χ1) is 14.3. The second kappa shape index (κ2) is 10.8. The Morgan fingerprint density at radius 1 is 1.07 bits per heavy atom. The van der Waals surface area contributed by atoms with Crippen molar-refractivity contribution >= 4 is 23.9 Å². The number of nitrogens with one attached hydrogen (secondary N) is 2. The van der Waals surface area contributed by atoms with Crippen LogP contribution in [0.3, 0.4) is 0 Å². The second-order valence-electron chi connectivity index (χ2n) is 6.61. The number of anilines is 1. The van der Waals surface area contributed by atoms with E-state index in [0.717, 1.165) is 22.4 Å². The normalized spacial score (nSPS) is 10.6. The van der Waals surface area contributed by atoms with E-state index in [-0.39, 0.29) is 19.1 Å². The summed E-state index contributed by atoms with van der Waals surface area (Å²) < 4.78 is 15.7. The number of benzene rings is 2. The van der Waals surface area contributed by atoms with Gasteiger partial charge in [0.05, 0.1) is 19.9 Å². The number of carbonyl (C=O) groups is 2. The SMILES string of the molecule is CCOC(=O)N/N=C/c1ccc(OCC(=O)Nc2c(C)cc(C)cc2C)c(OC)c1. The Labute approximate surface area is 176 Å². The zero-order chi connectivity index (χ0) is 22.1. The van der Waals surface area contributed by atoms with Gasteiger partial charge in [-0.15, -0.1) is 0 Å². The summed E-state index contributed by atoms with van der Waals surface area (Å²) in [6.45, 7) is 7.73. The number of hydrazone groups is 1. The lowest BCUT2D eigenvalue weighted by Crippen LogP contribution is -2.21. The molecule has 2 rings (SSSR count). The van der Waals surface area contributed by atoms with Gasteiger partial charge in [0.25, 0.3) is 5.91 Å². The molecule has 0 spiro atoms. The van der Waals surface area contributed by atoms with Gasteiger partial charge in [-0.25, -0.2) is 10.2 Å². The summed E-state index contributed by atoms with van der Waals surface area (Å²) >= 11 is 0. The van der Waals surface area contributed by atoms with Gasteiger partial charge in [-0.3, -0.25) is 4.79 Å². The van der Waals surface area contributed by atoms with Crippen molar-refractivity contribution in [1.82, 2.24) is 5.43 Å². The van der Waals surface area contributed by atoms with E-state index in [1.54, 1.807) is 25.1 Å². The molecule has 0 heterocycles. The van der Waals surface area contributed by atoms with E-state index in [4.69, 9.17) is 14.2 Å². The highest BCUT2D eigenvalue weighted by atomic mass is 16.5. The van der Waals surface area contributed by atoms with Gasteiger partial charge < -0.3 is 19.5 Å². The first kappa shape index (κ1) is 22.7. The molecule has 160 valence electrons. The van der Waals surface area contributed by atoms with Crippen LogP contribution < -0.4 is 20.2 Å². The lowest BCUT2D eigenvalue weighted by atomic mass is 10.1. The molecule has 0 aromatic heterocycles. The molecule has 2 aromatic carbocycles. The van der Waals surface area contributed by atoms with Crippen LogP contribution in [0.5, 0.6) is 11.5 Å². The lowest BCUT2D eigenvalue weighted by Gasteiger charge is -2.14. The minimum atomic E-state index is -0.634. The smallest absolute Gasteiger partial charge is 0.427 e. The largest absolute Gasteiger partial charge is 0.493 e. The molecular weight excluding hydrogens is 386 g/mol. The Bertz CT molecular complexity index is 917. The van der Waals surface area contributed by atoms with Crippen LogP contribution in [0, 0.1) is 20.8 Å². The second-order valence-corrected chi connectivity index (χ2v) is 6.61. The molecule has 0 bridgehead atoms. The van der Waals surface area contributed by atoms with Crippen LogP contribution in [0.4, 0.5) is 10.5 Å². The molecule has 8 heteroatoms.